The largest absolute Gasteiger partial charge is 0.299 e. The molecule has 1 aliphatic carbocycles. The molecule has 1 saturated carbocycles. The highest BCUT2D eigenvalue weighted by molar-refractivity contribution is 5.81. The Morgan fingerprint density at radius 1 is 1.38 bits per heavy atom. The molecule has 0 aromatic heterocycles. The van der Waals surface area contributed by atoms with E-state index in [1.807, 2.05) is 6.08 Å². The lowest BCUT2D eigenvalue weighted by Gasteiger charge is -2.24. The van der Waals surface area contributed by atoms with E-state index in [0.717, 1.165) is 25.2 Å². The maximum Gasteiger partial charge on any atom is 0.136 e. The molecule has 0 bridgehead atoms. The maximum absolute atomic E-state index is 11.6. The van der Waals surface area contributed by atoms with Crippen LogP contribution in [0.4, 0.5) is 0 Å². The van der Waals surface area contributed by atoms with Crippen molar-refractivity contribution in [1.82, 2.24) is 0 Å². The van der Waals surface area contributed by atoms with Crippen LogP contribution in [0.1, 0.15) is 45.4 Å². The summed E-state index contributed by atoms with van der Waals surface area (Å²) in [6, 6.07) is 0. The van der Waals surface area contributed by atoms with E-state index < -0.39 is 0 Å². The lowest BCUT2D eigenvalue weighted by molar-refractivity contribution is -0.123. The van der Waals surface area contributed by atoms with Crippen LogP contribution in [0.5, 0.6) is 0 Å². The third kappa shape index (κ3) is 3.33. The first-order valence-electron chi connectivity index (χ1n) is 5.37. The molecular formula is C12H20O. The van der Waals surface area contributed by atoms with Crippen molar-refractivity contribution in [1.29, 1.82) is 0 Å². The van der Waals surface area contributed by atoms with E-state index in [0.29, 0.717) is 18.1 Å². The second-order valence-corrected chi connectivity index (χ2v) is 4.25. The van der Waals surface area contributed by atoms with E-state index in [1.54, 1.807) is 0 Å². The first-order chi connectivity index (χ1) is 6.24. The number of Topliss-reactive ketones (excluding diaryl/α,β-unsaturated/α-hetero) is 1. The molecule has 0 aliphatic heterocycles. The molecule has 74 valence electrons. The van der Waals surface area contributed by atoms with Gasteiger partial charge in [0.2, 0.25) is 0 Å². The first-order valence-corrected chi connectivity index (χ1v) is 5.37. The molecule has 0 unspecified atom stereocenters. The van der Waals surface area contributed by atoms with Crippen LogP contribution in [0.2, 0.25) is 0 Å². The van der Waals surface area contributed by atoms with Crippen LogP contribution in [0.25, 0.3) is 0 Å². The van der Waals surface area contributed by atoms with Gasteiger partial charge in [-0.15, -0.1) is 6.58 Å². The van der Waals surface area contributed by atoms with Crippen molar-refractivity contribution in [3.63, 3.8) is 0 Å². The molecule has 1 aliphatic rings. The van der Waals surface area contributed by atoms with Crippen LogP contribution < -0.4 is 0 Å². The van der Waals surface area contributed by atoms with Crippen molar-refractivity contribution in [2.75, 3.05) is 0 Å². The van der Waals surface area contributed by atoms with Gasteiger partial charge in [0.25, 0.3) is 0 Å². The van der Waals surface area contributed by atoms with Crippen LogP contribution in [0, 0.1) is 11.8 Å². The van der Waals surface area contributed by atoms with Gasteiger partial charge in [-0.05, 0) is 25.2 Å². The average Bonchev–Trinajstić information content (AvgIpc) is 2.15. The van der Waals surface area contributed by atoms with Crippen LogP contribution in [-0.4, -0.2) is 5.78 Å². The smallest absolute Gasteiger partial charge is 0.136 e. The van der Waals surface area contributed by atoms with E-state index in [9.17, 15) is 4.79 Å². The zero-order chi connectivity index (χ0) is 9.68. The Labute approximate surface area is 81.2 Å². The Balaban J connectivity index is 2.27. The predicted octanol–water partition coefficient (Wildman–Crippen LogP) is 3.35. The molecule has 0 aromatic rings. The van der Waals surface area contributed by atoms with Gasteiger partial charge in [0.05, 0.1) is 0 Å². The fourth-order valence-corrected chi connectivity index (χ4v) is 2.03. The van der Waals surface area contributed by atoms with E-state index >= 15 is 0 Å². The highest BCUT2D eigenvalue weighted by Crippen LogP contribution is 2.29. The summed E-state index contributed by atoms with van der Waals surface area (Å²) in [4.78, 5) is 11.6. The van der Waals surface area contributed by atoms with Crippen LogP contribution in [0.15, 0.2) is 12.7 Å². The molecule has 0 heterocycles. The minimum atomic E-state index is 0.371. The van der Waals surface area contributed by atoms with E-state index in [2.05, 4.69) is 13.5 Å². The summed E-state index contributed by atoms with van der Waals surface area (Å²) in [5, 5.41) is 0. The molecule has 0 saturated heterocycles. The van der Waals surface area contributed by atoms with E-state index in [-0.39, 0.29) is 0 Å². The predicted molar refractivity (Wildman–Crippen MR) is 55.6 cm³/mol. The molecular weight excluding hydrogens is 160 g/mol. The minimum Gasteiger partial charge on any atom is -0.299 e. The van der Waals surface area contributed by atoms with Gasteiger partial charge in [0.1, 0.15) is 5.78 Å². The van der Waals surface area contributed by atoms with E-state index in [4.69, 9.17) is 0 Å². The number of hydrogen-bond donors (Lipinski definition) is 0. The summed E-state index contributed by atoms with van der Waals surface area (Å²) in [5.41, 5.74) is 0. The average molecular weight is 180 g/mol. The summed E-state index contributed by atoms with van der Waals surface area (Å²) in [6.07, 6.45) is 8.13. The molecule has 0 aromatic carbocycles. The second kappa shape index (κ2) is 5.21. The number of ketones is 1. The van der Waals surface area contributed by atoms with Gasteiger partial charge in [-0.25, -0.2) is 0 Å². The Morgan fingerprint density at radius 3 is 2.54 bits per heavy atom. The third-order valence-corrected chi connectivity index (χ3v) is 3.07. The van der Waals surface area contributed by atoms with Crippen molar-refractivity contribution in [3.05, 3.63) is 12.7 Å². The number of hydrogen-bond acceptors (Lipinski definition) is 1. The molecule has 1 heteroatoms. The highest BCUT2D eigenvalue weighted by atomic mass is 16.1. The van der Waals surface area contributed by atoms with Gasteiger partial charge in [-0.2, -0.15) is 0 Å². The van der Waals surface area contributed by atoms with Gasteiger partial charge < -0.3 is 0 Å². The SMILES string of the molecule is C=CCCC(=O)C1CCC(C)CC1. The fraction of sp³-hybridized carbons (Fsp3) is 0.750. The number of allylic oxidation sites excluding steroid dienone is 1. The van der Waals surface area contributed by atoms with Gasteiger partial charge in [-0.3, -0.25) is 4.79 Å². The van der Waals surface area contributed by atoms with Gasteiger partial charge in [-0.1, -0.05) is 25.8 Å². The molecule has 13 heavy (non-hydrogen) atoms. The summed E-state index contributed by atoms with van der Waals surface area (Å²) >= 11 is 0. The van der Waals surface area contributed by atoms with Gasteiger partial charge >= 0.3 is 0 Å². The molecule has 1 fully saturated rings. The number of carbonyl (C=O) groups is 1. The Bertz CT molecular complexity index is 176. The fourth-order valence-electron chi connectivity index (χ4n) is 2.03. The minimum absolute atomic E-state index is 0.371. The lowest BCUT2D eigenvalue weighted by atomic mass is 9.80. The Kier molecular flexibility index (Phi) is 4.20. The van der Waals surface area contributed by atoms with Crippen LogP contribution >= 0.6 is 0 Å². The Morgan fingerprint density at radius 2 is 2.00 bits per heavy atom. The molecule has 0 radical (unpaired) electrons. The maximum atomic E-state index is 11.6. The molecule has 0 amide bonds. The topological polar surface area (TPSA) is 17.1 Å². The quantitative estimate of drug-likeness (QED) is 0.606. The van der Waals surface area contributed by atoms with Crippen LogP contribution in [-0.2, 0) is 4.79 Å². The highest BCUT2D eigenvalue weighted by Gasteiger charge is 2.23. The standard InChI is InChI=1S/C12H20O/c1-3-4-5-12(13)11-8-6-10(2)7-9-11/h3,10-11H,1,4-9H2,2H3. The normalized spacial score (nSPS) is 28.4. The van der Waals surface area contributed by atoms with Crippen molar-refractivity contribution in [2.45, 2.75) is 45.4 Å². The second-order valence-electron chi connectivity index (χ2n) is 4.25. The summed E-state index contributed by atoms with van der Waals surface area (Å²) in [5.74, 6) is 1.67. The summed E-state index contributed by atoms with van der Waals surface area (Å²) in [6.45, 7) is 5.92. The third-order valence-electron chi connectivity index (χ3n) is 3.07. The first kappa shape index (κ1) is 10.5. The van der Waals surface area contributed by atoms with Crippen LogP contribution in [0.3, 0.4) is 0 Å². The molecule has 1 nitrogen and oxygen atoms in total. The van der Waals surface area contributed by atoms with Crippen molar-refractivity contribution < 1.29 is 4.79 Å². The molecule has 0 atom stereocenters. The van der Waals surface area contributed by atoms with Gasteiger partial charge in [0, 0.05) is 12.3 Å². The Hall–Kier alpha value is -0.590. The van der Waals surface area contributed by atoms with Crippen molar-refractivity contribution in [3.8, 4) is 0 Å². The van der Waals surface area contributed by atoms with Crippen molar-refractivity contribution in [2.24, 2.45) is 11.8 Å². The molecule has 0 N–H and O–H groups in total. The summed E-state index contributed by atoms with van der Waals surface area (Å²) in [7, 11) is 0. The van der Waals surface area contributed by atoms with Crippen molar-refractivity contribution >= 4 is 5.78 Å². The zero-order valence-corrected chi connectivity index (χ0v) is 8.59. The zero-order valence-electron chi connectivity index (χ0n) is 8.59. The monoisotopic (exact) mass is 180 g/mol. The summed E-state index contributed by atoms with van der Waals surface area (Å²) < 4.78 is 0. The molecule has 0 spiro atoms. The van der Waals surface area contributed by atoms with Gasteiger partial charge in [0.15, 0.2) is 0 Å². The van der Waals surface area contributed by atoms with E-state index in [1.165, 1.54) is 12.8 Å². The number of rotatable bonds is 4. The lowest BCUT2D eigenvalue weighted by Crippen LogP contribution is -2.20. The molecule has 1 rings (SSSR count). The number of carbonyl (C=O) groups excluding carboxylic acids is 1.